The molecule has 1 fully saturated rings. The fraction of sp³-hybridized carbons (Fsp3) is 0.209. The average molecular weight is 1770 g/mol. The van der Waals surface area contributed by atoms with Crippen molar-refractivity contribution in [2.24, 2.45) is 0 Å². The number of benzene rings is 15. The fourth-order valence-electron chi connectivity index (χ4n) is 21.2. The van der Waals surface area contributed by atoms with E-state index in [2.05, 4.69) is 489 Å². The molecule has 3 heterocycles. The van der Waals surface area contributed by atoms with Crippen LogP contribution in [-0.2, 0) is 21.7 Å². The number of hydrogen-bond acceptors (Lipinski definition) is 3. The van der Waals surface area contributed by atoms with E-state index in [1.54, 1.807) is 0 Å². The van der Waals surface area contributed by atoms with Crippen LogP contribution in [0.2, 0.25) is 0 Å². The summed E-state index contributed by atoms with van der Waals surface area (Å²) in [5.74, 6) is 0. The van der Waals surface area contributed by atoms with E-state index in [-0.39, 0.29) is 21.7 Å². The summed E-state index contributed by atoms with van der Waals surface area (Å²) in [6.07, 6.45) is 6.67. The number of fused-ring (bicyclic) bond motifs is 23. The van der Waals surface area contributed by atoms with Crippen LogP contribution in [0.25, 0.3) is 76.5 Å². The molecule has 18 aromatic rings. The molecule has 2 spiro atoms. The minimum Gasteiger partial charge on any atom is -0.146 e. The maximum atomic E-state index is 2.41. The molecule has 0 nitrogen and oxygen atoms in total. The van der Waals surface area contributed by atoms with E-state index in [1.165, 1.54) is 262 Å². The van der Waals surface area contributed by atoms with Crippen LogP contribution in [-0.4, -0.2) is 0 Å². The SMILES string of the molecule is Cc1ccc(-c2ccc(C)cc2)cc1.Cc1ccc(-c2ccc(C)s2)s1.Cc1ccc(C)cc1.Cc1ccc(C)s1.Cc1ccc(C2(c3ccc(C)cc3)CCCCC2)cc1.Cc1ccc2c(c1)C(C)(C)c1cc(C)ccc1-2.Cc1ccc2c(c1)C1(c3ccccc3-2)c2ccccc2-c2ccc(C)cc21.Cc1ccc2c(c1)C1(c3ccccc3-c3ccccc31)c1cc(C)ccc1-2. The lowest BCUT2D eigenvalue weighted by Crippen LogP contribution is -2.30. The Labute approximate surface area is 799 Å². The Bertz CT molecular complexity index is 6690. The highest BCUT2D eigenvalue weighted by molar-refractivity contribution is 7.22. The second kappa shape index (κ2) is 38.7. The van der Waals surface area contributed by atoms with E-state index in [1.807, 2.05) is 34.0 Å². The van der Waals surface area contributed by atoms with Crippen LogP contribution in [0.5, 0.6) is 0 Å². The molecule has 0 amide bonds. The van der Waals surface area contributed by atoms with Crippen molar-refractivity contribution >= 4 is 34.0 Å². The van der Waals surface area contributed by atoms with Crippen LogP contribution < -0.4 is 0 Å². The predicted molar refractivity (Wildman–Crippen MR) is 572 cm³/mol. The van der Waals surface area contributed by atoms with E-state index in [4.69, 9.17) is 0 Å². The molecule has 0 N–H and O–H groups in total. The van der Waals surface area contributed by atoms with Gasteiger partial charge < -0.3 is 0 Å². The molecule has 0 atom stereocenters. The van der Waals surface area contributed by atoms with Gasteiger partial charge in [-0.15, -0.1) is 34.0 Å². The van der Waals surface area contributed by atoms with Gasteiger partial charge in [-0.1, -0.05) is 427 Å². The fourth-order valence-corrected chi connectivity index (χ4v) is 23.8. The first-order chi connectivity index (χ1) is 63.7. The average Bonchev–Trinajstić information content (AvgIpc) is 1.51. The summed E-state index contributed by atoms with van der Waals surface area (Å²) in [7, 11) is 0. The van der Waals surface area contributed by atoms with Gasteiger partial charge in [0.2, 0.25) is 0 Å². The molecule has 0 bridgehead atoms. The van der Waals surface area contributed by atoms with E-state index >= 15 is 0 Å². The standard InChI is InChI=1S/2C27H20.C20H24.C17H18.C14H14.C10H10S2.C8H10.C6H8S/c1-17-11-13-21-19-7-3-5-9-23(19)27(25(21)15-17)24-10-6-4-8-20(24)22-14-12-18(2)16-26(22)27;1-17-11-13-21-22-14-12-18(2)16-26(22)27(25(21)15-17)23-9-5-3-7-19(23)20-8-4-6-10-24(20)27;1-16-6-10-18(11-7-16)20(14-4-3-5-15-20)19-12-8-17(2)9-13-19;1-11-5-7-13-14-8-6-12(2)10-16(14)17(3,4)15(13)9-11;1-11-3-7-13(8-4-11)14-9-5-12(2)6-10-14;1-7-3-5-9(11-7)10-6-4-8(2)12-10;1-7-3-5-8(2)6-4-7;1-5-3-4-6(2)7-5/h2*3-16H,1-2H3;6-13H,3-5,14-15H2,1-2H3;5-10H,1-4H3;3-10H,1-2H3;3-6H,1-2H3;3-6H,1-2H3;3-4H,1-2H3. The van der Waals surface area contributed by atoms with Crippen molar-refractivity contribution in [3.63, 3.8) is 0 Å². The van der Waals surface area contributed by atoms with E-state index in [0.29, 0.717) is 0 Å². The summed E-state index contributed by atoms with van der Waals surface area (Å²) in [5.41, 5.74) is 49.7. The van der Waals surface area contributed by atoms with Crippen molar-refractivity contribution in [1.29, 1.82) is 0 Å². The summed E-state index contributed by atoms with van der Waals surface area (Å²) < 4.78 is 0. The molecule has 0 saturated heterocycles. The van der Waals surface area contributed by atoms with Crippen LogP contribution in [0.4, 0.5) is 0 Å². The smallest absolute Gasteiger partial charge is 0.0725 e. The third kappa shape index (κ3) is 18.1. The van der Waals surface area contributed by atoms with Gasteiger partial charge in [-0.2, -0.15) is 0 Å². The molecule has 6 aliphatic carbocycles. The zero-order valence-corrected chi connectivity index (χ0v) is 82.9. The lowest BCUT2D eigenvalue weighted by molar-refractivity contribution is 0.346. The molecule has 0 unspecified atom stereocenters. The van der Waals surface area contributed by atoms with Crippen molar-refractivity contribution in [2.75, 3.05) is 0 Å². The Kier molecular flexibility index (Phi) is 26.8. The minimum atomic E-state index is -0.199. The van der Waals surface area contributed by atoms with Gasteiger partial charge in [0.25, 0.3) is 0 Å². The highest BCUT2D eigenvalue weighted by Crippen LogP contribution is 2.65. The normalized spacial score (nSPS) is 13.8. The first-order valence-electron chi connectivity index (χ1n) is 47.3. The molecule has 3 heteroatoms. The summed E-state index contributed by atoms with van der Waals surface area (Å²) in [5, 5.41) is 0. The van der Waals surface area contributed by atoms with E-state index in [9.17, 15) is 0 Å². The highest BCUT2D eigenvalue weighted by atomic mass is 32.1. The molecule has 1 saturated carbocycles. The van der Waals surface area contributed by atoms with Crippen LogP contribution >= 0.6 is 34.0 Å². The summed E-state index contributed by atoms with van der Waals surface area (Å²) in [6, 6.07) is 135. The monoisotopic (exact) mass is 1770 g/mol. The second-order valence-corrected chi connectivity index (χ2v) is 42.4. The molecule has 6 aliphatic rings. The Balaban J connectivity index is 0.000000109. The van der Waals surface area contributed by atoms with E-state index in [0.717, 1.165) is 0 Å². The zero-order chi connectivity index (χ0) is 92.3. The third-order valence-corrected chi connectivity index (χ3v) is 31.1. The maximum Gasteiger partial charge on any atom is 0.0725 e. The first kappa shape index (κ1) is 91.3. The molecular weight excluding hydrogens is 1650 g/mol. The number of thiophene rings is 3. The second-order valence-electron chi connectivity index (χ2n) is 38.3. The summed E-state index contributed by atoms with van der Waals surface area (Å²) >= 11 is 5.57. The third-order valence-electron chi connectivity index (χ3n) is 28.0. The molecule has 15 aromatic carbocycles. The Morgan fingerprint density at radius 2 is 0.394 bits per heavy atom. The van der Waals surface area contributed by atoms with Crippen molar-refractivity contribution in [2.45, 2.75) is 178 Å². The predicted octanol–water partition coefficient (Wildman–Crippen LogP) is 36.2. The molecule has 0 radical (unpaired) electrons. The van der Waals surface area contributed by atoms with E-state index < -0.39 is 0 Å². The van der Waals surface area contributed by atoms with Gasteiger partial charge in [0.1, 0.15) is 0 Å². The maximum absolute atomic E-state index is 2.41. The number of rotatable bonds is 4. The van der Waals surface area contributed by atoms with Crippen LogP contribution in [0, 0.1) is 111 Å². The van der Waals surface area contributed by atoms with Gasteiger partial charge in [0.15, 0.2) is 0 Å². The van der Waals surface area contributed by atoms with Gasteiger partial charge in [-0.05, 0) is 294 Å². The van der Waals surface area contributed by atoms with Gasteiger partial charge in [0.05, 0.1) is 10.8 Å². The van der Waals surface area contributed by atoms with Crippen molar-refractivity contribution in [1.82, 2.24) is 0 Å². The van der Waals surface area contributed by atoms with Crippen LogP contribution in [0.15, 0.2) is 364 Å². The lowest BCUT2D eigenvalue weighted by Gasteiger charge is -2.38. The molecule has 132 heavy (non-hydrogen) atoms. The molecule has 658 valence electrons. The highest BCUT2D eigenvalue weighted by Gasteiger charge is 2.53. The Morgan fingerprint density at radius 1 is 0.182 bits per heavy atom. The molecular formula is C129H124S3. The molecule has 0 aliphatic heterocycles. The number of aryl methyl sites for hydroxylation is 16. The summed E-state index contributed by atoms with van der Waals surface area (Å²) in [4.78, 5) is 8.36. The van der Waals surface area contributed by atoms with Crippen molar-refractivity contribution in [3.8, 4) is 76.5 Å². The number of hydrogen-bond donors (Lipinski definition) is 0. The van der Waals surface area contributed by atoms with Gasteiger partial charge in [-0.25, -0.2) is 0 Å². The quantitative estimate of drug-likeness (QED) is 0.165. The molecule has 24 rings (SSSR count). The Morgan fingerprint density at radius 3 is 0.644 bits per heavy atom. The minimum absolute atomic E-state index is 0.142. The van der Waals surface area contributed by atoms with Crippen molar-refractivity contribution < 1.29 is 0 Å². The molecule has 3 aromatic heterocycles. The largest absolute Gasteiger partial charge is 0.146 e. The Hall–Kier alpha value is -12.6. The topological polar surface area (TPSA) is 0 Å². The van der Waals surface area contributed by atoms with Gasteiger partial charge in [0, 0.05) is 40.1 Å². The first-order valence-corrected chi connectivity index (χ1v) is 49.7. The zero-order valence-electron chi connectivity index (χ0n) is 80.4. The lowest BCUT2D eigenvalue weighted by atomic mass is 9.65. The van der Waals surface area contributed by atoms with Gasteiger partial charge in [-0.3, -0.25) is 0 Å². The van der Waals surface area contributed by atoms with Crippen LogP contribution in [0.3, 0.4) is 0 Å². The van der Waals surface area contributed by atoms with Gasteiger partial charge >= 0.3 is 0 Å². The summed E-state index contributed by atoms with van der Waals surface area (Å²) in [6.45, 7) is 39.1. The van der Waals surface area contributed by atoms with Crippen LogP contribution in [0.1, 0.15) is 199 Å². The van der Waals surface area contributed by atoms with Crippen molar-refractivity contribution in [3.05, 3.63) is 517 Å².